The minimum absolute atomic E-state index is 0.0262. The van der Waals surface area contributed by atoms with Crippen LogP contribution in [-0.2, 0) is 6.54 Å². The van der Waals surface area contributed by atoms with Gasteiger partial charge in [0.2, 0.25) is 0 Å². The highest BCUT2D eigenvalue weighted by Gasteiger charge is 2.28. The summed E-state index contributed by atoms with van der Waals surface area (Å²) in [7, 11) is 0. The average molecular weight is 326 g/mol. The molecule has 2 aliphatic rings. The van der Waals surface area contributed by atoms with Crippen molar-refractivity contribution in [1.82, 2.24) is 20.4 Å². The SMILES string of the molecule is O=C(NC1CCCN(Cc2cc(C3CC3)on2)C1)c1ccncc1. The van der Waals surface area contributed by atoms with Crippen LogP contribution in [0.1, 0.15) is 53.4 Å². The number of aromatic nitrogens is 2. The number of hydrogen-bond donors (Lipinski definition) is 1. The van der Waals surface area contributed by atoms with Crippen LogP contribution in [0, 0.1) is 0 Å². The molecule has 2 aromatic rings. The number of hydrogen-bond acceptors (Lipinski definition) is 5. The third-order valence-corrected chi connectivity index (χ3v) is 4.73. The maximum absolute atomic E-state index is 12.3. The van der Waals surface area contributed by atoms with Crippen molar-refractivity contribution in [3.8, 4) is 0 Å². The summed E-state index contributed by atoms with van der Waals surface area (Å²) in [4.78, 5) is 18.6. The summed E-state index contributed by atoms with van der Waals surface area (Å²) in [6, 6.07) is 5.75. The van der Waals surface area contributed by atoms with Gasteiger partial charge < -0.3 is 9.84 Å². The Morgan fingerprint density at radius 3 is 2.92 bits per heavy atom. The van der Waals surface area contributed by atoms with Crippen molar-refractivity contribution in [3.05, 3.63) is 47.6 Å². The van der Waals surface area contributed by atoms with E-state index in [0.29, 0.717) is 11.5 Å². The topological polar surface area (TPSA) is 71.3 Å². The molecule has 1 saturated heterocycles. The number of nitrogens with zero attached hydrogens (tertiary/aromatic N) is 3. The molecule has 0 radical (unpaired) electrons. The summed E-state index contributed by atoms with van der Waals surface area (Å²) in [5, 5.41) is 7.33. The molecule has 1 unspecified atom stereocenters. The highest BCUT2D eigenvalue weighted by atomic mass is 16.5. The van der Waals surface area contributed by atoms with Crippen molar-refractivity contribution in [3.63, 3.8) is 0 Å². The second kappa shape index (κ2) is 6.73. The lowest BCUT2D eigenvalue weighted by molar-refractivity contribution is 0.0899. The number of rotatable bonds is 5. The molecule has 2 aromatic heterocycles. The van der Waals surface area contributed by atoms with E-state index in [1.165, 1.54) is 12.8 Å². The summed E-state index contributed by atoms with van der Waals surface area (Å²) < 4.78 is 5.43. The van der Waals surface area contributed by atoms with Gasteiger partial charge in [0.05, 0.1) is 5.69 Å². The summed E-state index contributed by atoms with van der Waals surface area (Å²) >= 11 is 0. The molecule has 0 aromatic carbocycles. The Hall–Kier alpha value is -2.21. The summed E-state index contributed by atoms with van der Waals surface area (Å²) in [5.74, 6) is 1.60. The summed E-state index contributed by atoms with van der Waals surface area (Å²) in [5.41, 5.74) is 1.66. The molecule has 4 rings (SSSR count). The fraction of sp³-hybridized carbons (Fsp3) is 0.500. The zero-order valence-corrected chi connectivity index (χ0v) is 13.6. The average Bonchev–Trinajstić information content (AvgIpc) is 3.36. The first-order valence-electron chi connectivity index (χ1n) is 8.66. The van der Waals surface area contributed by atoms with Crippen LogP contribution in [0.2, 0.25) is 0 Å². The van der Waals surface area contributed by atoms with E-state index in [2.05, 4.69) is 26.4 Å². The standard InChI is InChI=1S/C18H22N4O2/c23-18(14-5-7-19-8-6-14)20-15-2-1-9-22(11-15)12-16-10-17(24-21-16)13-3-4-13/h5-8,10,13,15H,1-4,9,11-12H2,(H,20,23). The second-order valence-electron chi connectivity index (χ2n) is 6.78. The lowest BCUT2D eigenvalue weighted by Gasteiger charge is -2.32. The lowest BCUT2D eigenvalue weighted by Crippen LogP contribution is -2.47. The molecule has 1 saturated carbocycles. The molecule has 1 aliphatic carbocycles. The third-order valence-electron chi connectivity index (χ3n) is 4.73. The van der Waals surface area contributed by atoms with Gasteiger partial charge in [-0.05, 0) is 44.4 Å². The van der Waals surface area contributed by atoms with Gasteiger partial charge in [0.25, 0.3) is 5.91 Å². The Bertz CT molecular complexity index is 696. The van der Waals surface area contributed by atoms with Gasteiger partial charge in [-0.3, -0.25) is 14.7 Å². The van der Waals surface area contributed by atoms with E-state index in [-0.39, 0.29) is 11.9 Å². The number of likely N-dealkylation sites (tertiary alicyclic amines) is 1. The first kappa shape index (κ1) is 15.3. The number of nitrogens with one attached hydrogen (secondary N) is 1. The van der Waals surface area contributed by atoms with Crippen molar-refractivity contribution in [2.45, 2.75) is 44.2 Å². The van der Waals surface area contributed by atoms with Crippen molar-refractivity contribution >= 4 is 5.91 Å². The number of carbonyl (C=O) groups is 1. The van der Waals surface area contributed by atoms with Crippen molar-refractivity contribution in [2.75, 3.05) is 13.1 Å². The number of amides is 1. The van der Waals surface area contributed by atoms with Crippen molar-refractivity contribution in [2.24, 2.45) is 0 Å². The molecule has 2 fully saturated rings. The van der Waals surface area contributed by atoms with Crippen LogP contribution >= 0.6 is 0 Å². The van der Waals surface area contributed by atoms with Gasteiger partial charge in [0.15, 0.2) is 0 Å². The molecule has 126 valence electrons. The van der Waals surface area contributed by atoms with Gasteiger partial charge >= 0.3 is 0 Å². The third kappa shape index (κ3) is 3.64. The summed E-state index contributed by atoms with van der Waals surface area (Å²) in [6.07, 6.45) is 7.82. The fourth-order valence-corrected chi connectivity index (χ4v) is 3.28. The minimum atomic E-state index is -0.0262. The smallest absolute Gasteiger partial charge is 0.251 e. The van der Waals surface area contributed by atoms with Gasteiger partial charge in [0.1, 0.15) is 5.76 Å². The molecule has 1 atom stereocenters. The lowest BCUT2D eigenvalue weighted by atomic mass is 10.0. The Balaban J connectivity index is 1.32. The Labute approximate surface area is 141 Å². The largest absolute Gasteiger partial charge is 0.361 e. The second-order valence-corrected chi connectivity index (χ2v) is 6.78. The highest BCUT2D eigenvalue weighted by Crippen LogP contribution is 2.40. The van der Waals surface area contributed by atoms with Crippen LogP contribution < -0.4 is 5.32 Å². The van der Waals surface area contributed by atoms with Gasteiger partial charge in [-0.25, -0.2) is 0 Å². The molecule has 0 bridgehead atoms. The molecule has 0 spiro atoms. The van der Waals surface area contributed by atoms with E-state index in [4.69, 9.17) is 4.52 Å². The number of carbonyl (C=O) groups excluding carboxylic acids is 1. The predicted octanol–water partition coefficient (Wildman–Crippen LogP) is 2.34. The quantitative estimate of drug-likeness (QED) is 0.913. The molecule has 6 nitrogen and oxygen atoms in total. The van der Waals surface area contributed by atoms with Gasteiger partial charge in [-0.2, -0.15) is 0 Å². The van der Waals surface area contributed by atoms with Gasteiger partial charge in [-0.15, -0.1) is 0 Å². The van der Waals surface area contributed by atoms with E-state index in [9.17, 15) is 4.79 Å². The minimum Gasteiger partial charge on any atom is -0.361 e. The van der Waals surface area contributed by atoms with Gasteiger partial charge in [0, 0.05) is 49.1 Å². The van der Waals surface area contributed by atoms with E-state index < -0.39 is 0 Å². The maximum Gasteiger partial charge on any atom is 0.251 e. The van der Waals surface area contributed by atoms with E-state index in [1.807, 2.05) is 0 Å². The van der Waals surface area contributed by atoms with Crippen LogP contribution in [0.3, 0.4) is 0 Å². The molecular weight excluding hydrogens is 304 g/mol. The van der Waals surface area contributed by atoms with E-state index >= 15 is 0 Å². The molecule has 24 heavy (non-hydrogen) atoms. The van der Waals surface area contributed by atoms with Crippen molar-refractivity contribution in [1.29, 1.82) is 0 Å². The van der Waals surface area contributed by atoms with Crippen LogP contribution in [0.25, 0.3) is 0 Å². The molecular formula is C18H22N4O2. The molecule has 3 heterocycles. The molecule has 1 aliphatic heterocycles. The molecule has 6 heteroatoms. The monoisotopic (exact) mass is 326 g/mol. The number of piperidine rings is 1. The predicted molar refractivity (Wildman–Crippen MR) is 88.5 cm³/mol. The first-order valence-corrected chi connectivity index (χ1v) is 8.66. The van der Waals surface area contributed by atoms with Crippen LogP contribution in [0.5, 0.6) is 0 Å². The Morgan fingerprint density at radius 1 is 1.29 bits per heavy atom. The zero-order valence-electron chi connectivity index (χ0n) is 13.6. The Kier molecular flexibility index (Phi) is 4.30. The van der Waals surface area contributed by atoms with Crippen LogP contribution in [-0.4, -0.2) is 40.1 Å². The van der Waals surface area contributed by atoms with Crippen LogP contribution in [0.4, 0.5) is 0 Å². The number of pyridine rings is 1. The van der Waals surface area contributed by atoms with E-state index in [1.54, 1.807) is 24.5 Å². The fourth-order valence-electron chi connectivity index (χ4n) is 3.28. The van der Waals surface area contributed by atoms with Gasteiger partial charge in [-0.1, -0.05) is 5.16 Å². The molecule has 1 amide bonds. The highest BCUT2D eigenvalue weighted by molar-refractivity contribution is 5.94. The molecule has 1 N–H and O–H groups in total. The van der Waals surface area contributed by atoms with Crippen LogP contribution in [0.15, 0.2) is 35.1 Å². The maximum atomic E-state index is 12.3. The van der Waals surface area contributed by atoms with E-state index in [0.717, 1.165) is 43.9 Å². The Morgan fingerprint density at radius 2 is 2.12 bits per heavy atom. The zero-order chi connectivity index (χ0) is 16.4. The first-order chi connectivity index (χ1) is 11.8. The summed E-state index contributed by atoms with van der Waals surface area (Å²) in [6.45, 7) is 2.67. The normalized spacial score (nSPS) is 21.6. The van der Waals surface area contributed by atoms with Crippen molar-refractivity contribution < 1.29 is 9.32 Å².